The van der Waals surface area contributed by atoms with E-state index in [4.69, 9.17) is 4.84 Å². The Bertz CT molecular complexity index is 697. The lowest BCUT2D eigenvalue weighted by atomic mass is 10.1. The molecule has 0 saturated carbocycles. The van der Waals surface area contributed by atoms with E-state index in [1.165, 1.54) is 11.3 Å². The highest BCUT2D eigenvalue weighted by Crippen LogP contribution is 2.21. The standard InChI is InChI=1S/C16H11NO2S/c18-16-13(9-4-8-12-6-2-1-3-7-12)15(17-19-16)14-10-5-11-20-14/h1-11H/b8-4+,13-9-. The highest BCUT2D eigenvalue weighted by atomic mass is 32.1. The third kappa shape index (κ3) is 2.60. The number of hydrogen-bond donors (Lipinski definition) is 0. The largest absolute Gasteiger partial charge is 0.368 e. The van der Waals surface area contributed by atoms with E-state index in [2.05, 4.69) is 5.16 Å². The minimum atomic E-state index is -0.411. The summed E-state index contributed by atoms with van der Waals surface area (Å²) in [5, 5.41) is 5.78. The van der Waals surface area contributed by atoms with Crippen LogP contribution in [0.4, 0.5) is 0 Å². The highest BCUT2D eigenvalue weighted by Gasteiger charge is 2.26. The number of nitrogens with zero attached hydrogens (tertiary/aromatic N) is 1. The predicted molar refractivity (Wildman–Crippen MR) is 80.5 cm³/mol. The molecule has 20 heavy (non-hydrogen) atoms. The monoisotopic (exact) mass is 281 g/mol. The van der Waals surface area contributed by atoms with Gasteiger partial charge in [-0.1, -0.05) is 53.7 Å². The molecule has 1 aliphatic heterocycles. The summed E-state index contributed by atoms with van der Waals surface area (Å²) in [5.74, 6) is -0.411. The number of thiophene rings is 1. The zero-order valence-corrected chi connectivity index (χ0v) is 11.3. The first-order valence-electron chi connectivity index (χ1n) is 6.11. The highest BCUT2D eigenvalue weighted by molar-refractivity contribution is 7.12. The van der Waals surface area contributed by atoms with Crippen molar-refractivity contribution in [1.82, 2.24) is 0 Å². The van der Waals surface area contributed by atoms with E-state index in [0.29, 0.717) is 11.3 Å². The summed E-state index contributed by atoms with van der Waals surface area (Å²) in [6, 6.07) is 13.7. The predicted octanol–water partition coefficient (Wildman–Crippen LogP) is 3.65. The summed E-state index contributed by atoms with van der Waals surface area (Å²) >= 11 is 1.53. The molecule has 2 heterocycles. The van der Waals surface area contributed by atoms with Gasteiger partial charge in [-0.15, -0.1) is 11.3 Å². The number of allylic oxidation sites excluding steroid dienone is 2. The quantitative estimate of drug-likeness (QED) is 0.636. The van der Waals surface area contributed by atoms with Crippen molar-refractivity contribution in [2.45, 2.75) is 0 Å². The minimum Gasteiger partial charge on any atom is -0.312 e. The van der Waals surface area contributed by atoms with Crippen molar-refractivity contribution in [3.05, 3.63) is 76.0 Å². The van der Waals surface area contributed by atoms with Crippen molar-refractivity contribution in [2.75, 3.05) is 0 Å². The summed E-state index contributed by atoms with van der Waals surface area (Å²) in [6.07, 6.45) is 5.51. The fourth-order valence-electron chi connectivity index (χ4n) is 1.84. The third-order valence-electron chi connectivity index (χ3n) is 2.80. The molecule has 0 saturated heterocycles. The zero-order chi connectivity index (χ0) is 13.8. The lowest BCUT2D eigenvalue weighted by molar-refractivity contribution is -0.136. The number of hydrogen-bond acceptors (Lipinski definition) is 4. The SMILES string of the molecule is O=C1ON=C(c2cccs2)/C1=C/C=C/c1ccccc1. The van der Waals surface area contributed by atoms with Gasteiger partial charge in [0.15, 0.2) is 0 Å². The Morgan fingerprint density at radius 1 is 1.10 bits per heavy atom. The van der Waals surface area contributed by atoms with Crippen molar-refractivity contribution < 1.29 is 9.63 Å². The molecule has 0 amide bonds. The number of benzene rings is 1. The molecule has 4 heteroatoms. The van der Waals surface area contributed by atoms with Crippen LogP contribution in [0.5, 0.6) is 0 Å². The fraction of sp³-hybridized carbons (Fsp3) is 0. The Hall–Kier alpha value is -2.46. The average molecular weight is 281 g/mol. The summed E-state index contributed by atoms with van der Waals surface area (Å²) in [7, 11) is 0. The number of carbonyl (C=O) groups excluding carboxylic acids is 1. The lowest BCUT2D eigenvalue weighted by Gasteiger charge is -1.94. The van der Waals surface area contributed by atoms with Crippen LogP contribution in [-0.4, -0.2) is 11.7 Å². The summed E-state index contributed by atoms with van der Waals surface area (Å²) in [4.78, 5) is 17.4. The Balaban J connectivity index is 1.84. The summed E-state index contributed by atoms with van der Waals surface area (Å²) in [6.45, 7) is 0. The maximum atomic E-state index is 11.7. The van der Waals surface area contributed by atoms with Gasteiger partial charge in [0.05, 0.1) is 10.5 Å². The van der Waals surface area contributed by atoms with Crippen molar-refractivity contribution >= 4 is 29.1 Å². The molecule has 3 nitrogen and oxygen atoms in total. The average Bonchev–Trinajstić information content (AvgIpc) is 3.11. The third-order valence-corrected chi connectivity index (χ3v) is 3.68. The Kier molecular flexibility index (Phi) is 3.56. The van der Waals surface area contributed by atoms with Gasteiger partial charge < -0.3 is 4.84 Å². The van der Waals surface area contributed by atoms with E-state index in [9.17, 15) is 4.79 Å². The van der Waals surface area contributed by atoms with Gasteiger partial charge in [-0.25, -0.2) is 4.79 Å². The minimum absolute atomic E-state index is 0.411. The summed E-state index contributed by atoms with van der Waals surface area (Å²) in [5.41, 5.74) is 2.16. The van der Waals surface area contributed by atoms with E-state index in [1.54, 1.807) is 6.08 Å². The molecule has 0 spiro atoms. The Labute approximate surface area is 120 Å². The molecule has 0 N–H and O–H groups in total. The van der Waals surface area contributed by atoms with Crippen LogP contribution in [-0.2, 0) is 9.63 Å². The first-order chi connectivity index (χ1) is 9.84. The maximum Gasteiger partial charge on any atom is 0.368 e. The van der Waals surface area contributed by atoms with Gasteiger partial charge in [0, 0.05) is 0 Å². The van der Waals surface area contributed by atoms with Gasteiger partial charge in [-0.05, 0) is 23.1 Å². The molecule has 0 bridgehead atoms. The van der Waals surface area contributed by atoms with Crippen molar-refractivity contribution in [3.8, 4) is 0 Å². The van der Waals surface area contributed by atoms with Crippen LogP contribution in [0.25, 0.3) is 6.08 Å². The lowest BCUT2D eigenvalue weighted by Crippen LogP contribution is -2.04. The smallest absolute Gasteiger partial charge is 0.312 e. The topological polar surface area (TPSA) is 38.7 Å². The molecule has 2 aromatic rings. The first kappa shape index (κ1) is 12.6. The van der Waals surface area contributed by atoms with E-state index < -0.39 is 5.97 Å². The van der Waals surface area contributed by atoms with Crippen LogP contribution in [0, 0.1) is 0 Å². The Morgan fingerprint density at radius 2 is 1.95 bits per heavy atom. The maximum absolute atomic E-state index is 11.7. The molecule has 1 aromatic heterocycles. The molecular formula is C16H11NO2S. The number of carbonyl (C=O) groups is 1. The number of rotatable bonds is 3. The van der Waals surface area contributed by atoms with Crippen LogP contribution >= 0.6 is 11.3 Å². The van der Waals surface area contributed by atoms with Crippen LogP contribution in [0.2, 0.25) is 0 Å². The van der Waals surface area contributed by atoms with Gasteiger partial charge in [0.1, 0.15) is 5.71 Å². The van der Waals surface area contributed by atoms with Gasteiger partial charge in [0.2, 0.25) is 0 Å². The molecule has 0 fully saturated rings. The van der Waals surface area contributed by atoms with Crippen LogP contribution in [0.15, 0.2) is 70.7 Å². The Morgan fingerprint density at radius 3 is 2.70 bits per heavy atom. The van der Waals surface area contributed by atoms with E-state index >= 15 is 0 Å². The van der Waals surface area contributed by atoms with Crippen molar-refractivity contribution in [1.29, 1.82) is 0 Å². The second-order valence-corrected chi connectivity index (χ2v) is 5.09. The van der Waals surface area contributed by atoms with Gasteiger partial charge in [-0.3, -0.25) is 0 Å². The van der Waals surface area contributed by atoms with Crippen LogP contribution in [0.3, 0.4) is 0 Å². The fourth-order valence-corrected chi connectivity index (χ4v) is 2.56. The zero-order valence-electron chi connectivity index (χ0n) is 10.5. The van der Waals surface area contributed by atoms with Gasteiger partial charge in [-0.2, -0.15) is 0 Å². The first-order valence-corrected chi connectivity index (χ1v) is 6.99. The van der Waals surface area contributed by atoms with Crippen molar-refractivity contribution in [3.63, 3.8) is 0 Å². The molecule has 98 valence electrons. The second-order valence-electron chi connectivity index (χ2n) is 4.15. The molecule has 1 aliphatic rings. The number of oxime groups is 1. The van der Waals surface area contributed by atoms with E-state index in [0.717, 1.165) is 10.4 Å². The van der Waals surface area contributed by atoms with E-state index in [-0.39, 0.29) is 0 Å². The summed E-state index contributed by atoms with van der Waals surface area (Å²) < 4.78 is 0. The normalized spacial score (nSPS) is 16.7. The van der Waals surface area contributed by atoms with Crippen LogP contribution < -0.4 is 0 Å². The van der Waals surface area contributed by atoms with Gasteiger partial charge in [0.25, 0.3) is 0 Å². The second kappa shape index (κ2) is 5.67. The molecule has 0 unspecified atom stereocenters. The molecule has 0 aliphatic carbocycles. The molecule has 1 aromatic carbocycles. The van der Waals surface area contributed by atoms with Gasteiger partial charge >= 0.3 is 5.97 Å². The molecule has 0 radical (unpaired) electrons. The van der Waals surface area contributed by atoms with Crippen molar-refractivity contribution in [2.24, 2.45) is 5.16 Å². The molecular weight excluding hydrogens is 270 g/mol. The molecule has 3 rings (SSSR count). The van der Waals surface area contributed by atoms with Crippen LogP contribution in [0.1, 0.15) is 10.4 Å². The molecule has 0 atom stereocenters. The van der Waals surface area contributed by atoms with E-state index in [1.807, 2.05) is 60.0 Å².